The number of aromatic nitrogens is 3. The smallest absolute Gasteiger partial charge is 0.231 e. The number of rotatable bonds is 9. The van der Waals surface area contributed by atoms with Crippen molar-refractivity contribution in [3.05, 3.63) is 58.9 Å². The minimum absolute atomic E-state index is 0.111. The second-order valence-corrected chi connectivity index (χ2v) is 8.80. The lowest BCUT2D eigenvalue weighted by atomic mass is 10.1. The second-order valence-electron chi connectivity index (χ2n) is 7.43. The Morgan fingerprint density at radius 2 is 2.15 bits per heavy atom. The summed E-state index contributed by atoms with van der Waals surface area (Å²) in [7, 11) is 1.61. The highest BCUT2D eigenvalue weighted by Gasteiger charge is 2.27. The molecule has 1 aliphatic rings. The Hall–Kier alpha value is -2.91. The fourth-order valence-electron chi connectivity index (χ4n) is 3.61. The largest absolute Gasteiger partial charge is 0.497 e. The highest BCUT2D eigenvalue weighted by atomic mass is 35.5. The van der Waals surface area contributed by atoms with Gasteiger partial charge < -0.3 is 24.1 Å². The summed E-state index contributed by atoms with van der Waals surface area (Å²) in [6.07, 6.45) is -0.332. The maximum absolute atomic E-state index is 12.6. The number of carbonyl (C=O) groups is 1. The number of amides is 1. The van der Waals surface area contributed by atoms with E-state index < -0.39 is 0 Å². The lowest BCUT2D eigenvalue weighted by Crippen LogP contribution is -2.30. The molecule has 8 nitrogen and oxygen atoms in total. The number of nitrogens with one attached hydrogen (secondary N) is 1. The molecule has 2 heterocycles. The maximum Gasteiger partial charge on any atom is 0.231 e. The number of carbonyl (C=O) groups excluding carboxylic acids is 1. The lowest BCUT2D eigenvalue weighted by molar-refractivity contribution is -0.119. The number of hydrogen-bond acceptors (Lipinski definition) is 7. The average Bonchev–Trinajstić information content (AvgIpc) is 3.41. The van der Waals surface area contributed by atoms with Gasteiger partial charge >= 0.3 is 0 Å². The summed E-state index contributed by atoms with van der Waals surface area (Å²) in [6.45, 7) is 4.96. The normalized spacial score (nSPS) is 15.5. The molecule has 1 N–H and O–H groups in total. The zero-order valence-electron chi connectivity index (χ0n) is 18.6. The zero-order chi connectivity index (χ0) is 23.4. The number of halogens is 1. The highest BCUT2D eigenvalue weighted by Crippen LogP contribution is 2.35. The first-order valence-corrected chi connectivity index (χ1v) is 11.9. The first-order chi connectivity index (χ1) is 16.0. The Morgan fingerprint density at radius 1 is 1.30 bits per heavy atom. The minimum atomic E-state index is -0.332. The molecule has 0 radical (unpaired) electrons. The Bertz CT molecular complexity index is 1140. The molecule has 0 fully saturated rings. The first kappa shape index (κ1) is 23.3. The van der Waals surface area contributed by atoms with Crippen LogP contribution in [0.1, 0.15) is 37.4 Å². The van der Waals surface area contributed by atoms with Crippen LogP contribution in [0.3, 0.4) is 0 Å². The molecule has 0 aliphatic carbocycles. The van der Waals surface area contributed by atoms with Gasteiger partial charge in [0.25, 0.3) is 0 Å². The SMILES string of the molecule is CCn1c(SCC(=O)N[C@H]2COc3ccc(OC)cc32)nnc1[C@H](C)Oc1cccc(Cl)c1. The van der Waals surface area contributed by atoms with Crippen molar-refractivity contribution in [3.8, 4) is 17.2 Å². The predicted octanol–water partition coefficient (Wildman–Crippen LogP) is 4.44. The van der Waals surface area contributed by atoms with Crippen molar-refractivity contribution >= 4 is 29.3 Å². The lowest BCUT2D eigenvalue weighted by Gasteiger charge is -2.16. The molecule has 1 amide bonds. The van der Waals surface area contributed by atoms with Crippen molar-refractivity contribution in [1.82, 2.24) is 20.1 Å². The summed E-state index contributed by atoms with van der Waals surface area (Å²) >= 11 is 7.38. The predicted molar refractivity (Wildman–Crippen MR) is 126 cm³/mol. The molecule has 0 spiro atoms. The number of ether oxygens (including phenoxy) is 3. The summed E-state index contributed by atoms with van der Waals surface area (Å²) in [5, 5.41) is 12.9. The first-order valence-electron chi connectivity index (χ1n) is 10.6. The van der Waals surface area contributed by atoms with Gasteiger partial charge in [0.15, 0.2) is 17.1 Å². The molecule has 3 aromatic rings. The van der Waals surface area contributed by atoms with Crippen LogP contribution >= 0.6 is 23.4 Å². The van der Waals surface area contributed by atoms with Crippen molar-refractivity contribution < 1.29 is 19.0 Å². The Balaban J connectivity index is 1.37. The van der Waals surface area contributed by atoms with Crippen LogP contribution in [0, 0.1) is 0 Å². The third kappa shape index (κ3) is 5.36. The van der Waals surface area contributed by atoms with Gasteiger partial charge in [-0.3, -0.25) is 4.79 Å². The van der Waals surface area contributed by atoms with E-state index in [9.17, 15) is 4.79 Å². The fourth-order valence-corrected chi connectivity index (χ4v) is 4.61. The summed E-state index contributed by atoms with van der Waals surface area (Å²) < 4.78 is 18.9. The van der Waals surface area contributed by atoms with E-state index in [0.29, 0.717) is 34.9 Å². The molecule has 174 valence electrons. The number of thioether (sulfide) groups is 1. The molecule has 0 saturated heterocycles. The van der Waals surface area contributed by atoms with Crippen LogP contribution < -0.4 is 19.5 Å². The number of hydrogen-bond donors (Lipinski definition) is 1. The van der Waals surface area contributed by atoms with Crippen molar-refractivity contribution in [2.75, 3.05) is 19.5 Å². The number of benzene rings is 2. The average molecular weight is 489 g/mol. The van der Waals surface area contributed by atoms with Crippen molar-refractivity contribution in [3.63, 3.8) is 0 Å². The standard InChI is InChI=1S/C23H25ClN4O4S/c1-4-28-22(14(2)32-17-7-5-6-15(24)10-17)26-27-23(28)33-13-21(29)25-19-12-31-20-9-8-16(30-3)11-18(19)20/h5-11,14,19H,4,12-13H2,1-3H3,(H,25,29)/t14-,19-/m0/s1. The molecule has 0 unspecified atom stereocenters. The van der Waals surface area contributed by atoms with Crippen LogP contribution in [0.2, 0.25) is 5.02 Å². The fraction of sp³-hybridized carbons (Fsp3) is 0.348. The van der Waals surface area contributed by atoms with Crippen LogP contribution in [0.5, 0.6) is 17.2 Å². The third-order valence-electron chi connectivity index (χ3n) is 5.20. The monoisotopic (exact) mass is 488 g/mol. The summed E-state index contributed by atoms with van der Waals surface area (Å²) in [4.78, 5) is 12.6. The van der Waals surface area contributed by atoms with E-state index in [2.05, 4.69) is 15.5 Å². The van der Waals surface area contributed by atoms with Crippen molar-refractivity contribution in [2.24, 2.45) is 0 Å². The molecule has 2 aromatic carbocycles. The van der Waals surface area contributed by atoms with E-state index in [1.807, 2.05) is 48.7 Å². The molecule has 33 heavy (non-hydrogen) atoms. The third-order valence-corrected chi connectivity index (χ3v) is 6.40. The molecule has 1 aliphatic heterocycles. The Kier molecular flexibility index (Phi) is 7.29. The summed E-state index contributed by atoms with van der Waals surface area (Å²) in [5.74, 6) is 2.93. The quantitative estimate of drug-likeness (QED) is 0.445. The molecule has 2 atom stereocenters. The molecule has 10 heteroatoms. The highest BCUT2D eigenvalue weighted by molar-refractivity contribution is 7.99. The van der Waals surface area contributed by atoms with E-state index in [0.717, 1.165) is 17.1 Å². The van der Waals surface area contributed by atoms with Gasteiger partial charge in [-0.15, -0.1) is 10.2 Å². The van der Waals surface area contributed by atoms with E-state index in [1.54, 1.807) is 19.2 Å². The molecule has 4 rings (SSSR count). The minimum Gasteiger partial charge on any atom is -0.497 e. The van der Waals surface area contributed by atoms with Gasteiger partial charge in [0.05, 0.1) is 18.9 Å². The van der Waals surface area contributed by atoms with Crippen molar-refractivity contribution in [2.45, 2.75) is 37.7 Å². The topological polar surface area (TPSA) is 87.5 Å². The van der Waals surface area contributed by atoms with Gasteiger partial charge in [-0.25, -0.2) is 0 Å². The van der Waals surface area contributed by atoms with E-state index in [-0.39, 0.29) is 23.8 Å². The molecule has 1 aromatic heterocycles. The molecular formula is C23H25ClN4O4S. The zero-order valence-corrected chi connectivity index (χ0v) is 20.2. The van der Waals surface area contributed by atoms with E-state index >= 15 is 0 Å². The van der Waals surface area contributed by atoms with E-state index in [1.165, 1.54) is 11.8 Å². The van der Waals surface area contributed by atoms with Crippen LogP contribution in [-0.4, -0.2) is 40.1 Å². The summed E-state index contributed by atoms with van der Waals surface area (Å²) in [5.41, 5.74) is 0.915. The number of methoxy groups -OCH3 is 1. The number of fused-ring (bicyclic) bond motifs is 1. The molecular weight excluding hydrogens is 464 g/mol. The van der Waals surface area contributed by atoms with Crippen LogP contribution in [0.4, 0.5) is 0 Å². The Morgan fingerprint density at radius 3 is 2.91 bits per heavy atom. The van der Waals surface area contributed by atoms with Gasteiger partial charge in [0.1, 0.15) is 23.9 Å². The van der Waals surface area contributed by atoms with Gasteiger partial charge in [-0.05, 0) is 50.2 Å². The molecule has 0 saturated carbocycles. The van der Waals surface area contributed by atoms with Gasteiger partial charge in [-0.2, -0.15) is 0 Å². The second kappa shape index (κ2) is 10.4. The number of nitrogens with zero attached hydrogens (tertiary/aromatic N) is 3. The molecule has 0 bridgehead atoms. The van der Waals surface area contributed by atoms with Gasteiger partial charge in [0.2, 0.25) is 5.91 Å². The van der Waals surface area contributed by atoms with Gasteiger partial charge in [0, 0.05) is 17.1 Å². The van der Waals surface area contributed by atoms with Gasteiger partial charge in [-0.1, -0.05) is 29.4 Å². The Labute approximate surface area is 201 Å². The van der Waals surface area contributed by atoms with Crippen LogP contribution in [0.25, 0.3) is 0 Å². The van der Waals surface area contributed by atoms with Crippen LogP contribution in [0.15, 0.2) is 47.6 Å². The van der Waals surface area contributed by atoms with Crippen LogP contribution in [-0.2, 0) is 11.3 Å². The maximum atomic E-state index is 12.6. The van der Waals surface area contributed by atoms with E-state index in [4.69, 9.17) is 25.8 Å². The van der Waals surface area contributed by atoms with Crippen molar-refractivity contribution in [1.29, 1.82) is 0 Å². The summed E-state index contributed by atoms with van der Waals surface area (Å²) in [6, 6.07) is 12.6.